The van der Waals surface area contributed by atoms with E-state index in [1.54, 1.807) is 20.1 Å². The van der Waals surface area contributed by atoms with Crippen LogP contribution in [0.25, 0.3) is 0 Å². The molecule has 8 nitrogen and oxygen atoms in total. The van der Waals surface area contributed by atoms with E-state index < -0.39 is 11.8 Å². The van der Waals surface area contributed by atoms with Crippen molar-refractivity contribution in [3.63, 3.8) is 0 Å². The first kappa shape index (κ1) is 30.3. The number of nitrogens with zero attached hydrogens (tertiary/aromatic N) is 2. The van der Waals surface area contributed by atoms with Crippen molar-refractivity contribution in [3.05, 3.63) is 41.2 Å². The van der Waals surface area contributed by atoms with E-state index in [0.29, 0.717) is 22.8 Å². The van der Waals surface area contributed by atoms with Crippen molar-refractivity contribution in [2.45, 2.75) is 58.8 Å². The van der Waals surface area contributed by atoms with Gasteiger partial charge in [0.1, 0.15) is 5.75 Å². The highest BCUT2D eigenvalue weighted by atomic mass is 32.2. The number of anilines is 1. The van der Waals surface area contributed by atoms with E-state index in [-0.39, 0.29) is 11.3 Å². The second-order valence-electron chi connectivity index (χ2n) is 9.51. The largest absolute Gasteiger partial charge is 0.496 e. The number of nitrogens with one attached hydrogen (secondary N) is 1. The van der Waals surface area contributed by atoms with Crippen LogP contribution in [0.1, 0.15) is 73.4 Å². The van der Waals surface area contributed by atoms with Gasteiger partial charge in [-0.25, -0.2) is 0 Å². The van der Waals surface area contributed by atoms with Gasteiger partial charge in [-0.15, -0.1) is 11.8 Å². The monoisotopic (exact) mass is 528 g/mol. The van der Waals surface area contributed by atoms with E-state index >= 15 is 0 Å². The van der Waals surface area contributed by atoms with Gasteiger partial charge in [0.25, 0.3) is 11.8 Å². The van der Waals surface area contributed by atoms with Crippen LogP contribution in [-0.2, 0) is 4.74 Å². The average Bonchev–Trinajstić information content (AvgIpc) is 2.84. The molecule has 2 atom stereocenters. The summed E-state index contributed by atoms with van der Waals surface area (Å²) >= 11 is 1.53. The zero-order valence-corrected chi connectivity index (χ0v) is 23.8. The smallest absolute Gasteiger partial charge is 0.260 e. The van der Waals surface area contributed by atoms with Crippen molar-refractivity contribution in [2.24, 2.45) is 22.6 Å². The Hall–Kier alpha value is -2.91. The number of carbonyl (C=O) groups excluding carboxylic acids is 2. The lowest BCUT2D eigenvalue weighted by Gasteiger charge is -2.19. The van der Waals surface area contributed by atoms with Gasteiger partial charge < -0.3 is 20.5 Å². The van der Waals surface area contributed by atoms with Crippen LogP contribution < -0.4 is 15.8 Å². The zero-order valence-electron chi connectivity index (χ0n) is 23.0. The number of primary amides is 1. The molecule has 0 saturated carbocycles. The standard InChI is InChI=1S/C18H18N4O3S.C10H22O/c1-9-6-11(17(19)23)13(7-20-9)22-18(24)15-14(25-3)5-4-12-16(15)26-8-10(2)21-12;1-5-6-9(2)7-10(3)8-11-4/h4-7H,8H2,1-3H3,(H2,19,23)(H,22,24);9-10H,5-8H2,1-4H3. The van der Waals surface area contributed by atoms with Gasteiger partial charge in [-0.2, -0.15) is 0 Å². The van der Waals surface area contributed by atoms with Crippen LogP contribution in [-0.4, -0.2) is 49.1 Å². The molecule has 0 spiro atoms. The van der Waals surface area contributed by atoms with Crippen LogP contribution in [0.4, 0.5) is 11.4 Å². The lowest BCUT2D eigenvalue weighted by atomic mass is 9.94. The number of nitrogens with two attached hydrogens (primary N) is 1. The predicted octanol–water partition coefficient (Wildman–Crippen LogP) is 6.04. The van der Waals surface area contributed by atoms with Gasteiger partial charge >= 0.3 is 0 Å². The number of aryl methyl sites for hydroxylation is 1. The lowest BCUT2D eigenvalue weighted by Crippen LogP contribution is -2.20. The summed E-state index contributed by atoms with van der Waals surface area (Å²) in [5.74, 6) is 1.67. The Bertz CT molecular complexity index is 1110. The normalized spacial score (nSPS) is 13.9. The third-order valence-corrected chi connectivity index (χ3v) is 7.14. The minimum atomic E-state index is -0.637. The first-order valence-electron chi connectivity index (χ1n) is 12.6. The molecule has 3 N–H and O–H groups in total. The van der Waals surface area contributed by atoms with E-state index in [1.165, 1.54) is 50.4 Å². The van der Waals surface area contributed by atoms with Gasteiger partial charge in [0, 0.05) is 35.8 Å². The highest BCUT2D eigenvalue weighted by Crippen LogP contribution is 2.41. The number of pyridine rings is 1. The van der Waals surface area contributed by atoms with E-state index in [0.717, 1.165) is 34.7 Å². The highest BCUT2D eigenvalue weighted by molar-refractivity contribution is 8.00. The van der Waals surface area contributed by atoms with Gasteiger partial charge in [-0.3, -0.25) is 19.6 Å². The number of methoxy groups -OCH3 is 2. The van der Waals surface area contributed by atoms with E-state index in [4.69, 9.17) is 15.2 Å². The molecule has 2 heterocycles. The average molecular weight is 529 g/mol. The fourth-order valence-corrected chi connectivity index (χ4v) is 5.30. The maximum Gasteiger partial charge on any atom is 0.260 e. The molecule has 37 heavy (non-hydrogen) atoms. The van der Waals surface area contributed by atoms with Gasteiger partial charge in [0.05, 0.1) is 35.8 Å². The molecule has 0 fully saturated rings. The molecular formula is C28H40N4O4S. The Morgan fingerprint density at radius 1 is 1.19 bits per heavy atom. The number of ether oxygens (including phenoxy) is 2. The Morgan fingerprint density at radius 2 is 1.92 bits per heavy atom. The van der Waals surface area contributed by atoms with E-state index in [1.807, 2.05) is 13.0 Å². The van der Waals surface area contributed by atoms with Gasteiger partial charge in [0.2, 0.25) is 0 Å². The summed E-state index contributed by atoms with van der Waals surface area (Å²) in [5.41, 5.74) is 8.59. The number of rotatable bonds is 10. The summed E-state index contributed by atoms with van der Waals surface area (Å²) in [5, 5.41) is 2.73. The van der Waals surface area contributed by atoms with Gasteiger partial charge in [-0.05, 0) is 50.3 Å². The van der Waals surface area contributed by atoms with Crippen molar-refractivity contribution < 1.29 is 19.1 Å². The molecule has 1 aromatic heterocycles. The summed E-state index contributed by atoms with van der Waals surface area (Å²) < 4.78 is 10.4. The molecule has 2 amide bonds. The summed E-state index contributed by atoms with van der Waals surface area (Å²) in [4.78, 5) is 34.0. The maximum absolute atomic E-state index is 13.0. The number of thioether (sulfide) groups is 1. The number of amides is 2. The lowest BCUT2D eigenvalue weighted by molar-refractivity contribution is 0.100. The highest BCUT2D eigenvalue weighted by Gasteiger charge is 2.24. The second-order valence-corrected chi connectivity index (χ2v) is 10.5. The summed E-state index contributed by atoms with van der Waals surface area (Å²) in [6.07, 6.45) is 5.39. The number of fused-ring (bicyclic) bond motifs is 1. The van der Waals surface area contributed by atoms with Crippen LogP contribution in [0.5, 0.6) is 5.75 Å². The summed E-state index contributed by atoms with van der Waals surface area (Å²) in [7, 11) is 3.28. The summed E-state index contributed by atoms with van der Waals surface area (Å²) in [6, 6.07) is 5.07. The molecule has 2 unspecified atom stereocenters. The number of aromatic nitrogens is 1. The number of hydrogen-bond donors (Lipinski definition) is 2. The first-order chi connectivity index (χ1) is 17.6. The molecule has 9 heteroatoms. The van der Waals surface area contributed by atoms with Crippen molar-refractivity contribution >= 4 is 40.7 Å². The topological polar surface area (TPSA) is 116 Å². The third-order valence-electron chi connectivity index (χ3n) is 5.87. The number of aliphatic imine (C=N–C) groups is 1. The van der Waals surface area contributed by atoms with Crippen LogP contribution >= 0.6 is 11.8 Å². The molecule has 0 bridgehead atoms. The van der Waals surface area contributed by atoms with E-state index in [2.05, 4.69) is 36.1 Å². The SMILES string of the molecule is CCCC(C)CC(C)COC.COc1ccc2c(c1C(=O)Nc1cnc(C)cc1C(N)=O)SCC(C)=N2. The summed E-state index contributed by atoms with van der Waals surface area (Å²) in [6.45, 7) is 11.4. The molecule has 1 aliphatic rings. The minimum Gasteiger partial charge on any atom is -0.496 e. The molecule has 0 saturated heterocycles. The Kier molecular flexibility index (Phi) is 12.1. The molecule has 0 aliphatic carbocycles. The predicted molar refractivity (Wildman–Crippen MR) is 152 cm³/mol. The van der Waals surface area contributed by atoms with Crippen LogP contribution in [0.15, 0.2) is 34.3 Å². The van der Waals surface area contributed by atoms with Gasteiger partial charge in [-0.1, -0.05) is 33.6 Å². The zero-order chi connectivity index (χ0) is 27.5. The first-order valence-corrected chi connectivity index (χ1v) is 13.5. The second kappa shape index (κ2) is 14.7. The molecular weight excluding hydrogens is 488 g/mol. The van der Waals surface area contributed by atoms with Crippen LogP contribution in [0.3, 0.4) is 0 Å². The Balaban J connectivity index is 0.000000371. The molecule has 0 radical (unpaired) electrons. The van der Waals surface area contributed by atoms with Crippen molar-refractivity contribution in [1.82, 2.24) is 4.98 Å². The van der Waals surface area contributed by atoms with Crippen LogP contribution in [0, 0.1) is 18.8 Å². The van der Waals surface area contributed by atoms with Crippen LogP contribution in [0.2, 0.25) is 0 Å². The molecule has 1 aromatic carbocycles. The molecule has 2 aromatic rings. The quantitative estimate of drug-likeness (QED) is 0.388. The fraction of sp³-hybridized carbons (Fsp3) is 0.500. The Labute approximate surface area is 224 Å². The number of hydrogen-bond acceptors (Lipinski definition) is 7. The Morgan fingerprint density at radius 3 is 2.54 bits per heavy atom. The molecule has 1 aliphatic heterocycles. The molecule has 3 rings (SSSR count). The number of benzene rings is 1. The minimum absolute atomic E-state index is 0.205. The van der Waals surface area contributed by atoms with Crippen molar-refractivity contribution in [1.29, 1.82) is 0 Å². The van der Waals surface area contributed by atoms with Crippen molar-refractivity contribution in [3.8, 4) is 5.75 Å². The van der Waals surface area contributed by atoms with E-state index in [9.17, 15) is 9.59 Å². The third kappa shape index (κ3) is 8.86. The maximum atomic E-state index is 13.0. The van der Waals surface area contributed by atoms with Crippen molar-refractivity contribution in [2.75, 3.05) is 31.9 Å². The van der Waals surface area contributed by atoms with Gasteiger partial charge in [0.15, 0.2) is 0 Å². The fourth-order valence-electron chi connectivity index (χ4n) is 4.29. The number of carbonyl (C=O) groups is 2. The molecule has 202 valence electrons.